The smallest absolute Gasteiger partial charge is 0.260 e. The van der Waals surface area contributed by atoms with Gasteiger partial charge in [0.2, 0.25) is 0 Å². The average molecular weight is 295 g/mol. The van der Waals surface area contributed by atoms with Crippen LogP contribution in [0.5, 0.6) is 0 Å². The monoisotopic (exact) mass is 295 g/mol. The van der Waals surface area contributed by atoms with E-state index in [1.54, 1.807) is 30.1 Å². The zero-order valence-corrected chi connectivity index (χ0v) is 12.2. The molecule has 108 valence electrons. The van der Waals surface area contributed by atoms with E-state index in [0.717, 1.165) is 5.69 Å². The van der Waals surface area contributed by atoms with Crippen LogP contribution in [0.2, 0.25) is 0 Å². The Morgan fingerprint density at radius 2 is 2.10 bits per heavy atom. The molecule has 0 saturated heterocycles. The van der Waals surface area contributed by atoms with Crippen LogP contribution in [0.4, 0.5) is 5.69 Å². The summed E-state index contributed by atoms with van der Waals surface area (Å²) in [7, 11) is -0.143. The highest BCUT2D eigenvalue weighted by atomic mass is 32.2. The number of aromatic nitrogens is 3. The molecule has 0 aliphatic rings. The summed E-state index contributed by atoms with van der Waals surface area (Å²) in [6, 6.07) is 5.21. The molecule has 0 atom stereocenters. The number of rotatable bonds is 6. The first-order chi connectivity index (χ1) is 9.54. The van der Waals surface area contributed by atoms with Crippen LogP contribution >= 0.6 is 0 Å². The maximum atomic E-state index is 12.2. The third kappa shape index (κ3) is 3.14. The van der Waals surface area contributed by atoms with Crippen LogP contribution in [-0.4, -0.2) is 36.8 Å². The van der Waals surface area contributed by atoms with E-state index < -0.39 is 10.0 Å². The van der Waals surface area contributed by atoms with Crippen LogP contribution in [0.15, 0.2) is 35.6 Å². The molecule has 2 heterocycles. The van der Waals surface area contributed by atoms with Crippen molar-refractivity contribution in [1.29, 1.82) is 0 Å². The predicted octanol–water partition coefficient (Wildman–Crippen LogP) is 0.378. The first kappa shape index (κ1) is 14.5. The van der Waals surface area contributed by atoms with Gasteiger partial charge < -0.3 is 5.32 Å². The second-order valence-corrected chi connectivity index (χ2v) is 5.88. The average Bonchev–Trinajstić information content (AvgIpc) is 2.84. The molecule has 7 nitrogen and oxygen atoms in total. The highest BCUT2D eigenvalue weighted by molar-refractivity contribution is 7.89. The number of pyridine rings is 1. The molecule has 2 N–H and O–H groups in total. The standard InChI is InChI=1S/C12H17N5O2S/c1-13-11-4-3-7-14-12(11)20(18,19)16-9-6-10-5-8-15-17(10)2/h3-5,7-8,13,16H,6,9H2,1-2H3. The van der Waals surface area contributed by atoms with E-state index in [1.807, 2.05) is 13.1 Å². The highest BCUT2D eigenvalue weighted by Gasteiger charge is 2.19. The minimum Gasteiger partial charge on any atom is -0.386 e. The number of hydrogen-bond acceptors (Lipinski definition) is 5. The van der Waals surface area contributed by atoms with E-state index in [4.69, 9.17) is 0 Å². The van der Waals surface area contributed by atoms with Crippen molar-refractivity contribution < 1.29 is 8.42 Å². The normalized spacial score (nSPS) is 11.5. The van der Waals surface area contributed by atoms with Gasteiger partial charge in [0.05, 0.1) is 5.69 Å². The molecule has 0 unspecified atom stereocenters. The lowest BCUT2D eigenvalue weighted by molar-refractivity contribution is 0.576. The third-order valence-electron chi connectivity index (χ3n) is 2.89. The molecule has 0 aromatic carbocycles. The largest absolute Gasteiger partial charge is 0.386 e. The number of sulfonamides is 1. The predicted molar refractivity (Wildman–Crippen MR) is 75.9 cm³/mol. The van der Waals surface area contributed by atoms with Gasteiger partial charge in [0.1, 0.15) is 0 Å². The number of nitrogens with one attached hydrogen (secondary N) is 2. The molecule has 0 aliphatic heterocycles. The van der Waals surface area contributed by atoms with E-state index in [-0.39, 0.29) is 5.03 Å². The van der Waals surface area contributed by atoms with Gasteiger partial charge in [0, 0.05) is 45.1 Å². The SMILES string of the molecule is CNc1cccnc1S(=O)(=O)NCCc1ccnn1C. The van der Waals surface area contributed by atoms with Gasteiger partial charge in [-0.25, -0.2) is 18.1 Å². The molecular formula is C12H17N5O2S. The van der Waals surface area contributed by atoms with E-state index in [9.17, 15) is 8.42 Å². The van der Waals surface area contributed by atoms with Crippen molar-refractivity contribution in [1.82, 2.24) is 19.5 Å². The molecule has 0 aliphatic carbocycles. The summed E-state index contributed by atoms with van der Waals surface area (Å²) in [5, 5.41) is 6.86. The lowest BCUT2D eigenvalue weighted by Crippen LogP contribution is -2.27. The van der Waals surface area contributed by atoms with Gasteiger partial charge in [-0.3, -0.25) is 4.68 Å². The van der Waals surface area contributed by atoms with Crippen molar-refractivity contribution in [2.45, 2.75) is 11.4 Å². The van der Waals surface area contributed by atoms with Crippen LogP contribution in [-0.2, 0) is 23.5 Å². The molecule has 0 spiro atoms. The maximum absolute atomic E-state index is 12.2. The van der Waals surface area contributed by atoms with Crippen LogP contribution < -0.4 is 10.0 Å². The van der Waals surface area contributed by atoms with Gasteiger partial charge in [-0.1, -0.05) is 0 Å². The number of nitrogens with zero attached hydrogens (tertiary/aromatic N) is 3. The molecule has 20 heavy (non-hydrogen) atoms. The number of hydrogen-bond donors (Lipinski definition) is 2. The second kappa shape index (κ2) is 6.02. The molecule has 8 heteroatoms. The third-order valence-corrected chi connectivity index (χ3v) is 4.31. The van der Waals surface area contributed by atoms with Crippen molar-refractivity contribution in [2.75, 3.05) is 18.9 Å². The van der Waals surface area contributed by atoms with Crippen LogP contribution in [0, 0.1) is 0 Å². The van der Waals surface area contributed by atoms with Gasteiger partial charge in [0.15, 0.2) is 5.03 Å². The number of anilines is 1. The van der Waals surface area contributed by atoms with Crippen molar-refractivity contribution in [3.05, 3.63) is 36.3 Å². The minimum absolute atomic E-state index is 0.00695. The van der Waals surface area contributed by atoms with E-state index in [2.05, 4.69) is 20.1 Å². The van der Waals surface area contributed by atoms with Crippen molar-refractivity contribution in [3.63, 3.8) is 0 Å². The maximum Gasteiger partial charge on any atom is 0.260 e. The fraction of sp³-hybridized carbons (Fsp3) is 0.333. The quantitative estimate of drug-likeness (QED) is 0.804. The minimum atomic E-state index is -3.62. The molecule has 0 amide bonds. The number of aryl methyl sites for hydroxylation is 1. The first-order valence-corrected chi connectivity index (χ1v) is 7.62. The summed E-state index contributed by atoms with van der Waals surface area (Å²) in [4.78, 5) is 3.92. The summed E-state index contributed by atoms with van der Waals surface area (Å²) in [5.74, 6) is 0. The molecule has 0 bridgehead atoms. The Morgan fingerprint density at radius 3 is 2.75 bits per heavy atom. The van der Waals surface area contributed by atoms with Crippen LogP contribution in [0.25, 0.3) is 0 Å². The molecule has 0 fully saturated rings. The van der Waals surface area contributed by atoms with Gasteiger partial charge >= 0.3 is 0 Å². The van der Waals surface area contributed by atoms with Crippen molar-refractivity contribution in [2.24, 2.45) is 7.05 Å². The summed E-state index contributed by atoms with van der Waals surface area (Å²) in [6.07, 6.45) is 3.70. The molecule has 2 rings (SSSR count). The van der Waals surface area contributed by atoms with Crippen LogP contribution in [0.3, 0.4) is 0 Å². The molecule has 2 aromatic rings. The Hall–Kier alpha value is -1.93. The van der Waals surface area contributed by atoms with Gasteiger partial charge in [-0.05, 0) is 18.2 Å². The first-order valence-electron chi connectivity index (χ1n) is 6.14. The fourth-order valence-corrected chi connectivity index (χ4v) is 2.99. The van der Waals surface area contributed by atoms with Gasteiger partial charge in [-0.15, -0.1) is 0 Å². The van der Waals surface area contributed by atoms with Crippen molar-refractivity contribution >= 4 is 15.7 Å². The summed E-state index contributed by atoms with van der Waals surface area (Å²) in [5.41, 5.74) is 1.43. The Kier molecular flexibility index (Phi) is 4.35. The Balaban J connectivity index is 2.06. The topological polar surface area (TPSA) is 88.9 Å². The highest BCUT2D eigenvalue weighted by Crippen LogP contribution is 2.16. The van der Waals surface area contributed by atoms with E-state index >= 15 is 0 Å². The lowest BCUT2D eigenvalue weighted by Gasteiger charge is -2.10. The molecule has 0 radical (unpaired) electrons. The Morgan fingerprint density at radius 1 is 1.30 bits per heavy atom. The summed E-state index contributed by atoms with van der Waals surface area (Å²) >= 11 is 0. The fourth-order valence-electron chi connectivity index (χ4n) is 1.82. The Labute approximate surface area is 118 Å². The van der Waals surface area contributed by atoms with Gasteiger partial charge in [-0.2, -0.15) is 5.10 Å². The van der Waals surface area contributed by atoms with E-state index in [0.29, 0.717) is 18.7 Å². The van der Waals surface area contributed by atoms with E-state index in [1.165, 1.54) is 6.20 Å². The molecular weight excluding hydrogens is 278 g/mol. The zero-order chi connectivity index (χ0) is 14.6. The lowest BCUT2D eigenvalue weighted by atomic mass is 10.3. The summed E-state index contributed by atoms with van der Waals surface area (Å²) < 4.78 is 28.6. The van der Waals surface area contributed by atoms with Gasteiger partial charge in [0.25, 0.3) is 10.0 Å². The summed E-state index contributed by atoms with van der Waals surface area (Å²) in [6.45, 7) is 0.293. The molecule has 0 saturated carbocycles. The second-order valence-electron chi connectivity index (χ2n) is 4.20. The molecule has 2 aromatic heterocycles. The Bertz CT molecular complexity index is 681. The van der Waals surface area contributed by atoms with Crippen LogP contribution in [0.1, 0.15) is 5.69 Å². The zero-order valence-electron chi connectivity index (χ0n) is 11.4. The van der Waals surface area contributed by atoms with Crippen molar-refractivity contribution in [3.8, 4) is 0 Å².